The maximum absolute atomic E-state index is 13.5. The molecule has 0 saturated heterocycles. The Bertz CT molecular complexity index is 651. The van der Waals surface area contributed by atoms with Gasteiger partial charge in [0.25, 0.3) is 5.91 Å². The van der Waals surface area contributed by atoms with Gasteiger partial charge >= 0.3 is 0 Å². The minimum atomic E-state index is -1.17. The Balaban J connectivity index is 2.31. The Morgan fingerprint density at radius 3 is 2.33 bits per heavy atom. The molecule has 1 amide bonds. The zero-order valence-electron chi connectivity index (χ0n) is 11.0. The molecular formula is C15H13F3N2O. The summed E-state index contributed by atoms with van der Waals surface area (Å²) in [5.41, 5.74) is 5.71. The van der Waals surface area contributed by atoms with Crippen molar-refractivity contribution in [1.82, 2.24) is 0 Å². The smallest absolute Gasteiger partial charge is 0.256 e. The number of nitrogens with two attached hydrogens (primary N) is 1. The van der Waals surface area contributed by atoms with Crippen LogP contribution in [0.25, 0.3) is 0 Å². The number of nitrogens with one attached hydrogen (secondary N) is 1. The van der Waals surface area contributed by atoms with Crippen LogP contribution >= 0.6 is 0 Å². The van der Waals surface area contributed by atoms with Crippen LogP contribution in [0.1, 0.15) is 15.9 Å². The van der Waals surface area contributed by atoms with Crippen LogP contribution in [0.4, 0.5) is 18.9 Å². The van der Waals surface area contributed by atoms with Gasteiger partial charge in [0.05, 0.1) is 0 Å². The molecule has 21 heavy (non-hydrogen) atoms. The van der Waals surface area contributed by atoms with Gasteiger partial charge in [-0.05, 0) is 24.6 Å². The van der Waals surface area contributed by atoms with E-state index in [9.17, 15) is 18.0 Å². The molecule has 0 bridgehead atoms. The van der Waals surface area contributed by atoms with Crippen molar-refractivity contribution >= 4 is 11.6 Å². The van der Waals surface area contributed by atoms with Gasteiger partial charge < -0.3 is 11.1 Å². The first-order valence-corrected chi connectivity index (χ1v) is 6.26. The summed E-state index contributed by atoms with van der Waals surface area (Å²) in [6.45, 7) is 0.337. The van der Waals surface area contributed by atoms with Crippen LogP contribution in [0.15, 0.2) is 36.4 Å². The third kappa shape index (κ3) is 3.41. The van der Waals surface area contributed by atoms with Gasteiger partial charge in [-0.3, -0.25) is 4.79 Å². The van der Waals surface area contributed by atoms with E-state index in [2.05, 4.69) is 5.32 Å². The maximum Gasteiger partial charge on any atom is 0.256 e. The lowest BCUT2D eigenvalue weighted by Crippen LogP contribution is -2.17. The molecule has 2 aromatic rings. The first kappa shape index (κ1) is 15.1. The molecule has 110 valence electrons. The van der Waals surface area contributed by atoms with Gasteiger partial charge in [0.2, 0.25) is 0 Å². The largest absolute Gasteiger partial charge is 0.330 e. The number of carbonyl (C=O) groups is 1. The average molecular weight is 294 g/mol. The van der Waals surface area contributed by atoms with E-state index in [1.807, 2.05) is 0 Å². The quantitative estimate of drug-likeness (QED) is 0.911. The van der Waals surface area contributed by atoms with Crippen molar-refractivity contribution in [3.63, 3.8) is 0 Å². The number of amides is 1. The molecule has 0 heterocycles. The van der Waals surface area contributed by atoms with Crippen LogP contribution in [0.2, 0.25) is 0 Å². The fourth-order valence-electron chi connectivity index (χ4n) is 1.96. The fraction of sp³-hybridized carbons (Fsp3) is 0.133. The zero-order valence-corrected chi connectivity index (χ0v) is 11.0. The lowest BCUT2D eigenvalue weighted by atomic mass is 10.0. The molecule has 0 aromatic heterocycles. The van der Waals surface area contributed by atoms with Crippen LogP contribution < -0.4 is 11.1 Å². The Hall–Kier alpha value is -2.34. The van der Waals surface area contributed by atoms with Crippen molar-refractivity contribution in [3.8, 4) is 0 Å². The summed E-state index contributed by atoms with van der Waals surface area (Å²) in [4.78, 5) is 12.1. The number of carbonyl (C=O) groups excluding carboxylic acids is 1. The second kappa shape index (κ2) is 6.41. The van der Waals surface area contributed by atoms with Gasteiger partial charge in [-0.25, -0.2) is 13.2 Å². The maximum atomic E-state index is 13.5. The summed E-state index contributed by atoms with van der Waals surface area (Å²) < 4.78 is 39.9. The van der Waals surface area contributed by atoms with E-state index in [1.165, 1.54) is 6.07 Å². The number of benzene rings is 2. The summed E-state index contributed by atoms with van der Waals surface area (Å²) in [6, 6.07) is 7.61. The van der Waals surface area contributed by atoms with Crippen molar-refractivity contribution in [1.29, 1.82) is 0 Å². The van der Waals surface area contributed by atoms with Crippen LogP contribution in [-0.2, 0) is 6.42 Å². The number of halogens is 3. The third-order valence-electron chi connectivity index (χ3n) is 2.92. The van der Waals surface area contributed by atoms with Gasteiger partial charge in [-0.1, -0.05) is 18.2 Å². The van der Waals surface area contributed by atoms with Gasteiger partial charge in [0.1, 0.15) is 11.5 Å². The summed E-state index contributed by atoms with van der Waals surface area (Å²) in [5, 5.41) is 2.12. The van der Waals surface area contributed by atoms with E-state index >= 15 is 0 Å². The SMILES string of the molecule is NCCc1ccccc1C(=O)Nc1c(F)cc(F)cc1F. The van der Waals surface area contributed by atoms with Crippen molar-refractivity contribution < 1.29 is 18.0 Å². The van der Waals surface area contributed by atoms with E-state index in [1.54, 1.807) is 18.2 Å². The van der Waals surface area contributed by atoms with E-state index in [-0.39, 0.29) is 5.56 Å². The molecule has 6 heteroatoms. The molecule has 3 nitrogen and oxygen atoms in total. The second-order valence-corrected chi connectivity index (χ2v) is 4.39. The third-order valence-corrected chi connectivity index (χ3v) is 2.92. The molecule has 0 aliphatic rings. The van der Waals surface area contributed by atoms with Crippen molar-refractivity contribution in [3.05, 3.63) is 65.0 Å². The highest BCUT2D eigenvalue weighted by molar-refractivity contribution is 6.05. The van der Waals surface area contributed by atoms with Crippen molar-refractivity contribution in [2.24, 2.45) is 5.73 Å². The lowest BCUT2D eigenvalue weighted by molar-refractivity contribution is 0.102. The van der Waals surface area contributed by atoms with Crippen LogP contribution in [-0.4, -0.2) is 12.5 Å². The molecule has 0 saturated carbocycles. The number of hydrogen-bond acceptors (Lipinski definition) is 2. The zero-order chi connectivity index (χ0) is 15.4. The molecule has 3 N–H and O–H groups in total. The van der Waals surface area contributed by atoms with Crippen LogP contribution in [0, 0.1) is 17.5 Å². The minimum absolute atomic E-state index is 0.270. The topological polar surface area (TPSA) is 55.1 Å². The highest BCUT2D eigenvalue weighted by atomic mass is 19.1. The van der Waals surface area contributed by atoms with Crippen molar-refractivity contribution in [2.45, 2.75) is 6.42 Å². The predicted molar refractivity (Wildman–Crippen MR) is 73.5 cm³/mol. The Morgan fingerprint density at radius 1 is 1.10 bits per heavy atom. The number of anilines is 1. The molecule has 2 rings (SSSR count). The summed E-state index contributed by atoms with van der Waals surface area (Å²) in [7, 11) is 0. The van der Waals surface area contributed by atoms with Crippen molar-refractivity contribution in [2.75, 3.05) is 11.9 Å². The Kier molecular flexibility index (Phi) is 4.59. The standard InChI is InChI=1S/C15H13F3N2O/c16-10-7-12(17)14(13(18)8-10)20-15(21)11-4-2-1-3-9(11)5-6-19/h1-4,7-8H,5-6,19H2,(H,20,21). The Morgan fingerprint density at radius 2 is 1.71 bits per heavy atom. The predicted octanol–water partition coefficient (Wildman–Crippen LogP) is 2.86. The van der Waals surface area contributed by atoms with Crippen LogP contribution in [0.5, 0.6) is 0 Å². The van der Waals surface area contributed by atoms with E-state index < -0.39 is 29.0 Å². The van der Waals surface area contributed by atoms with Gasteiger partial charge in [-0.15, -0.1) is 0 Å². The highest BCUT2D eigenvalue weighted by Crippen LogP contribution is 2.21. The molecule has 2 aromatic carbocycles. The fourth-order valence-corrected chi connectivity index (χ4v) is 1.96. The average Bonchev–Trinajstić information content (AvgIpc) is 2.43. The monoisotopic (exact) mass is 294 g/mol. The van der Waals surface area contributed by atoms with E-state index in [0.717, 1.165) is 0 Å². The number of rotatable bonds is 4. The molecule has 0 fully saturated rings. The summed E-state index contributed by atoms with van der Waals surface area (Å²) in [5.74, 6) is -4.07. The number of hydrogen-bond donors (Lipinski definition) is 2. The molecular weight excluding hydrogens is 281 g/mol. The van der Waals surface area contributed by atoms with E-state index in [4.69, 9.17) is 5.73 Å². The first-order valence-electron chi connectivity index (χ1n) is 6.26. The normalized spacial score (nSPS) is 10.5. The lowest BCUT2D eigenvalue weighted by Gasteiger charge is -2.11. The Labute approximate surface area is 119 Å². The summed E-state index contributed by atoms with van der Waals surface area (Å²) in [6.07, 6.45) is 0.456. The van der Waals surface area contributed by atoms with Gasteiger partial charge in [0.15, 0.2) is 11.6 Å². The molecule has 0 atom stereocenters. The van der Waals surface area contributed by atoms with Gasteiger partial charge in [-0.2, -0.15) is 0 Å². The summed E-state index contributed by atoms with van der Waals surface area (Å²) >= 11 is 0. The highest BCUT2D eigenvalue weighted by Gasteiger charge is 2.17. The molecule has 0 aliphatic heterocycles. The molecule has 0 spiro atoms. The molecule has 0 radical (unpaired) electrons. The van der Waals surface area contributed by atoms with E-state index in [0.29, 0.717) is 30.7 Å². The molecule has 0 aliphatic carbocycles. The first-order chi connectivity index (χ1) is 10.0. The van der Waals surface area contributed by atoms with Crippen LogP contribution in [0.3, 0.4) is 0 Å². The van der Waals surface area contributed by atoms with Gasteiger partial charge in [0, 0.05) is 17.7 Å². The molecule has 0 unspecified atom stereocenters. The minimum Gasteiger partial charge on any atom is -0.330 e. The second-order valence-electron chi connectivity index (χ2n) is 4.39.